The minimum absolute atomic E-state index is 0.832. The van der Waals surface area contributed by atoms with Gasteiger partial charge in [-0.15, -0.1) is 0 Å². The van der Waals surface area contributed by atoms with Crippen molar-refractivity contribution < 1.29 is 0 Å². The molecule has 1 aliphatic carbocycles. The zero-order chi connectivity index (χ0) is 33.2. The van der Waals surface area contributed by atoms with E-state index in [1.54, 1.807) is 0 Å². The van der Waals surface area contributed by atoms with Gasteiger partial charge >= 0.3 is 0 Å². The summed E-state index contributed by atoms with van der Waals surface area (Å²) in [4.78, 5) is 11.1. The molecule has 0 amide bonds. The first kappa shape index (κ1) is 27.0. The Morgan fingerprint density at radius 1 is 0.373 bits per heavy atom. The zero-order valence-electron chi connectivity index (χ0n) is 27.4. The summed E-state index contributed by atoms with van der Waals surface area (Å²) in [6.45, 7) is 0. The molecule has 0 N–H and O–H groups in total. The van der Waals surface area contributed by atoms with E-state index in [1.807, 2.05) is 0 Å². The average molecular weight is 646 g/mol. The van der Waals surface area contributed by atoms with Crippen LogP contribution in [0.2, 0.25) is 0 Å². The minimum atomic E-state index is 0.832. The fourth-order valence-electron chi connectivity index (χ4n) is 8.84. The first-order chi connectivity index (χ1) is 25.3. The maximum Gasteiger partial charge on any atom is 0.165 e. The number of nitrogens with zero attached hydrogens (tertiary/aromatic N) is 3. The third-order valence-corrected chi connectivity index (χ3v) is 11.0. The van der Waals surface area contributed by atoms with Crippen LogP contribution in [0.4, 0.5) is 0 Å². The summed E-state index contributed by atoms with van der Waals surface area (Å²) in [6, 6.07) is 59.3. The van der Waals surface area contributed by atoms with E-state index in [0.717, 1.165) is 55.5 Å². The number of hydrogen-bond acceptors (Lipinski definition) is 2. The number of fused-ring (bicyclic) bond motifs is 4. The average Bonchev–Trinajstić information content (AvgIpc) is 3.47. The molecule has 0 fully saturated rings. The molecule has 0 radical (unpaired) electrons. The Balaban J connectivity index is 1.27. The van der Waals surface area contributed by atoms with Crippen LogP contribution in [0.1, 0.15) is 0 Å². The molecule has 1 aliphatic rings. The van der Waals surface area contributed by atoms with Gasteiger partial charge in [-0.3, -0.25) is 4.57 Å². The molecule has 0 unspecified atom stereocenters. The predicted molar refractivity (Wildman–Crippen MR) is 214 cm³/mol. The van der Waals surface area contributed by atoms with Crippen LogP contribution in [-0.2, 0) is 0 Å². The van der Waals surface area contributed by atoms with E-state index >= 15 is 0 Å². The maximum atomic E-state index is 5.57. The molecule has 0 saturated carbocycles. The summed E-state index contributed by atoms with van der Waals surface area (Å²) in [5.74, 6) is 0.832. The van der Waals surface area contributed by atoms with Crippen molar-refractivity contribution in [1.82, 2.24) is 14.5 Å². The first-order valence-corrected chi connectivity index (χ1v) is 17.5. The van der Waals surface area contributed by atoms with Gasteiger partial charge in [0.15, 0.2) is 5.82 Å². The molecule has 12 rings (SSSR count). The summed E-state index contributed by atoms with van der Waals surface area (Å²) in [5, 5.41) is 12.5. The first-order valence-electron chi connectivity index (χ1n) is 17.5. The standard InChI is InChI=1S/C48H27N3/c1-2-9-28(10-3-1)33-13-6-14-34(27-33)46-48(49-38-25-23-29-11-4-5-15-35(29)47(38)50-46)51-39-18-8-17-37-36-16-7-12-30-19-20-31-21-22-32-24-26-40(51)45(44(37)39)43(32)42(31)41(30)36/h1-27H. The van der Waals surface area contributed by atoms with Gasteiger partial charge in [-0.2, -0.15) is 0 Å². The number of rotatable bonds is 3. The molecule has 0 bridgehead atoms. The Bertz CT molecular complexity index is 3290. The molecule has 234 valence electrons. The Morgan fingerprint density at radius 3 is 1.84 bits per heavy atom. The number of hydrogen-bond donors (Lipinski definition) is 0. The lowest BCUT2D eigenvalue weighted by atomic mass is 9.93. The van der Waals surface area contributed by atoms with E-state index in [0.29, 0.717) is 0 Å². The van der Waals surface area contributed by atoms with Crippen LogP contribution in [-0.4, -0.2) is 14.5 Å². The van der Waals surface area contributed by atoms with Crippen LogP contribution in [0.15, 0.2) is 164 Å². The summed E-state index contributed by atoms with van der Waals surface area (Å²) in [7, 11) is 0. The van der Waals surface area contributed by atoms with Crippen LogP contribution in [0.3, 0.4) is 0 Å². The second-order valence-electron chi connectivity index (χ2n) is 13.7. The molecule has 51 heavy (non-hydrogen) atoms. The van der Waals surface area contributed by atoms with Crippen LogP contribution in [0.25, 0.3) is 115 Å². The van der Waals surface area contributed by atoms with Crippen molar-refractivity contribution in [3.05, 3.63) is 164 Å². The smallest absolute Gasteiger partial charge is 0.165 e. The predicted octanol–water partition coefficient (Wildman–Crippen LogP) is 12.7. The van der Waals surface area contributed by atoms with Gasteiger partial charge in [-0.25, -0.2) is 9.97 Å². The Hall–Kier alpha value is -6.84. The molecular formula is C48H27N3. The van der Waals surface area contributed by atoms with Crippen molar-refractivity contribution in [2.45, 2.75) is 0 Å². The summed E-state index contributed by atoms with van der Waals surface area (Å²) >= 11 is 0. The second-order valence-corrected chi connectivity index (χ2v) is 13.7. The van der Waals surface area contributed by atoms with E-state index in [-0.39, 0.29) is 0 Å². The molecule has 2 aromatic heterocycles. The van der Waals surface area contributed by atoms with E-state index < -0.39 is 0 Å². The van der Waals surface area contributed by atoms with Crippen LogP contribution in [0, 0.1) is 0 Å². The molecule has 11 aromatic rings. The van der Waals surface area contributed by atoms with E-state index in [9.17, 15) is 0 Å². The third-order valence-electron chi connectivity index (χ3n) is 11.0. The molecule has 2 heterocycles. The topological polar surface area (TPSA) is 30.7 Å². The van der Waals surface area contributed by atoms with Crippen LogP contribution >= 0.6 is 0 Å². The highest BCUT2D eigenvalue weighted by molar-refractivity contribution is 6.38. The Kier molecular flexibility index (Phi) is 5.23. The van der Waals surface area contributed by atoms with Gasteiger partial charge in [-0.1, -0.05) is 140 Å². The highest BCUT2D eigenvalue weighted by Gasteiger charge is 2.26. The molecule has 0 atom stereocenters. The van der Waals surface area contributed by atoms with Gasteiger partial charge in [0.1, 0.15) is 5.69 Å². The van der Waals surface area contributed by atoms with Gasteiger partial charge in [-0.05, 0) is 78.8 Å². The number of aromatic nitrogens is 3. The monoisotopic (exact) mass is 645 g/mol. The van der Waals surface area contributed by atoms with E-state index in [2.05, 4.69) is 168 Å². The summed E-state index contributed by atoms with van der Waals surface area (Å²) in [5.41, 5.74) is 10.8. The summed E-state index contributed by atoms with van der Waals surface area (Å²) < 4.78 is 2.38. The van der Waals surface area contributed by atoms with Crippen molar-refractivity contribution in [3.8, 4) is 39.3 Å². The van der Waals surface area contributed by atoms with Gasteiger partial charge in [0, 0.05) is 27.1 Å². The van der Waals surface area contributed by atoms with Crippen molar-refractivity contribution in [1.29, 1.82) is 0 Å². The molecule has 0 aliphatic heterocycles. The Labute approximate surface area is 292 Å². The quantitative estimate of drug-likeness (QED) is 0.179. The number of benzene rings is 9. The van der Waals surface area contributed by atoms with Crippen molar-refractivity contribution in [3.63, 3.8) is 0 Å². The van der Waals surface area contributed by atoms with Crippen LogP contribution < -0.4 is 0 Å². The van der Waals surface area contributed by atoms with Crippen molar-refractivity contribution >= 4 is 75.9 Å². The second kappa shape index (κ2) is 9.87. The fourth-order valence-corrected chi connectivity index (χ4v) is 8.84. The minimum Gasteiger partial charge on any atom is -0.292 e. The van der Waals surface area contributed by atoms with Crippen molar-refractivity contribution in [2.24, 2.45) is 0 Å². The van der Waals surface area contributed by atoms with Gasteiger partial charge in [0.2, 0.25) is 0 Å². The Morgan fingerprint density at radius 2 is 0.980 bits per heavy atom. The molecule has 3 nitrogen and oxygen atoms in total. The summed E-state index contributed by atoms with van der Waals surface area (Å²) in [6.07, 6.45) is 0. The lowest BCUT2D eigenvalue weighted by Crippen LogP contribution is -2.04. The fraction of sp³-hybridized carbons (Fsp3) is 0. The lowest BCUT2D eigenvalue weighted by molar-refractivity contribution is 1.08. The van der Waals surface area contributed by atoms with Gasteiger partial charge in [0.05, 0.1) is 22.1 Å². The largest absolute Gasteiger partial charge is 0.292 e. The van der Waals surface area contributed by atoms with Crippen molar-refractivity contribution in [2.75, 3.05) is 0 Å². The highest BCUT2D eigenvalue weighted by Crippen LogP contribution is 2.50. The lowest BCUT2D eigenvalue weighted by Gasteiger charge is -2.16. The molecule has 3 heteroatoms. The molecule has 0 saturated heterocycles. The van der Waals surface area contributed by atoms with Gasteiger partial charge < -0.3 is 0 Å². The molecule has 0 spiro atoms. The van der Waals surface area contributed by atoms with E-state index in [1.165, 1.54) is 59.8 Å². The van der Waals surface area contributed by atoms with E-state index in [4.69, 9.17) is 9.97 Å². The van der Waals surface area contributed by atoms with Crippen LogP contribution in [0.5, 0.6) is 0 Å². The maximum absolute atomic E-state index is 5.57. The third kappa shape index (κ3) is 3.62. The highest BCUT2D eigenvalue weighted by atomic mass is 15.1. The zero-order valence-corrected chi connectivity index (χ0v) is 27.4. The normalized spacial score (nSPS) is 12.3. The molecule has 9 aromatic carbocycles. The van der Waals surface area contributed by atoms with Gasteiger partial charge in [0.25, 0.3) is 0 Å². The SMILES string of the molecule is c1ccc(-c2cccc(-c3nc4c(ccc5ccccc54)nc3-n3c4cccc5c4c4c6c(ccc7ccc8cccc-5c8c76)ccc43)c2)cc1. The molecular weight excluding hydrogens is 619 g/mol.